The molecule has 2 N–H and O–H groups in total. The number of halogens is 2. The van der Waals surface area contributed by atoms with Gasteiger partial charge in [0.1, 0.15) is 34.8 Å². The maximum absolute atomic E-state index is 13.2. The van der Waals surface area contributed by atoms with Crippen LogP contribution in [0.15, 0.2) is 42.5 Å². The second-order valence-corrected chi connectivity index (χ2v) is 8.94. The van der Waals surface area contributed by atoms with E-state index in [1.807, 2.05) is 0 Å². The van der Waals surface area contributed by atoms with E-state index in [-0.39, 0.29) is 28.8 Å². The molecule has 9 heteroatoms. The first-order valence-corrected chi connectivity index (χ1v) is 10.9. The normalized spacial score (nSPS) is 12.1. The summed E-state index contributed by atoms with van der Waals surface area (Å²) >= 11 is 5.58. The summed E-state index contributed by atoms with van der Waals surface area (Å²) in [6.07, 6.45) is 0. The number of ether oxygens (including phenoxy) is 2. The minimum Gasteiger partial charge on any atom is -0.458 e. The molecular formula is C24H28ClFN2O5. The fourth-order valence-electron chi connectivity index (χ4n) is 2.79. The number of esters is 1. The van der Waals surface area contributed by atoms with Crippen molar-refractivity contribution in [2.75, 3.05) is 11.2 Å². The van der Waals surface area contributed by atoms with Crippen LogP contribution in [0.3, 0.4) is 0 Å². The lowest BCUT2D eigenvalue weighted by Crippen LogP contribution is -2.47. The highest BCUT2D eigenvalue weighted by Gasteiger charge is 2.30. The van der Waals surface area contributed by atoms with E-state index in [0.29, 0.717) is 5.75 Å². The molecular weight excluding hydrogens is 451 g/mol. The van der Waals surface area contributed by atoms with Gasteiger partial charge in [-0.2, -0.15) is 0 Å². The lowest BCUT2D eigenvalue weighted by atomic mass is 10.0. The van der Waals surface area contributed by atoms with Crippen molar-refractivity contribution in [2.24, 2.45) is 5.92 Å². The van der Waals surface area contributed by atoms with E-state index >= 15 is 0 Å². The Balaban J connectivity index is 2.35. The van der Waals surface area contributed by atoms with Gasteiger partial charge in [-0.05, 0) is 69.2 Å². The highest BCUT2D eigenvalue weighted by Crippen LogP contribution is 2.27. The van der Waals surface area contributed by atoms with Gasteiger partial charge >= 0.3 is 5.97 Å². The lowest BCUT2D eigenvalue weighted by Gasteiger charge is -2.26. The van der Waals surface area contributed by atoms with E-state index in [1.54, 1.807) is 34.6 Å². The van der Waals surface area contributed by atoms with Crippen molar-refractivity contribution in [3.05, 3.63) is 53.8 Å². The monoisotopic (exact) mass is 478 g/mol. The van der Waals surface area contributed by atoms with Gasteiger partial charge in [0, 0.05) is 0 Å². The van der Waals surface area contributed by atoms with Crippen molar-refractivity contribution in [3.63, 3.8) is 0 Å². The zero-order valence-corrected chi connectivity index (χ0v) is 20.0. The Labute approximate surface area is 197 Å². The van der Waals surface area contributed by atoms with Gasteiger partial charge in [0.2, 0.25) is 5.91 Å². The second kappa shape index (κ2) is 11.1. The van der Waals surface area contributed by atoms with Crippen LogP contribution in [-0.2, 0) is 14.3 Å². The average Bonchev–Trinajstić information content (AvgIpc) is 2.72. The summed E-state index contributed by atoms with van der Waals surface area (Å²) in [6, 6.07) is 8.88. The summed E-state index contributed by atoms with van der Waals surface area (Å²) in [5.41, 5.74) is -0.476. The predicted octanol–water partition coefficient (Wildman–Crippen LogP) is 4.89. The Kier molecular flexibility index (Phi) is 8.82. The molecule has 0 spiro atoms. The number of alkyl halides is 1. The van der Waals surface area contributed by atoms with Crippen molar-refractivity contribution in [2.45, 2.75) is 46.3 Å². The molecule has 2 amide bonds. The predicted molar refractivity (Wildman–Crippen MR) is 124 cm³/mol. The minimum absolute atomic E-state index is 0.0577. The van der Waals surface area contributed by atoms with Gasteiger partial charge in [-0.15, -0.1) is 11.6 Å². The van der Waals surface area contributed by atoms with Crippen LogP contribution in [0.1, 0.15) is 45.0 Å². The van der Waals surface area contributed by atoms with Crippen LogP contribution in [-0.4, -0.2) is 35.3 Å². The molecule has 0 saturated carbocycles. The van der Waals surface area contributed by atoms with Crippen molar-refractivity contribution in [3.8, 4) is 11.5 Å². The van der Waals surface area contributed by atoms with Crippen molar-refractivity contribution < 1.29 is 28.2 Å². The second-order valence-electron chi connectivity index (χ2n) is 8.67. The number of nitrogens with one attached hydrogen (secondary N) is 2. The van der Waals surface area contributed by atoms with Crippen molar-refractivity contribution in [1.29, 1.82) is 0 Å². The topological polar surface area (TPSA) is 93.7 Å². The number of anilines is 1. The summed E-state index contributed by atoms with van der Waals surface area (Å²) in [5.74, 6) is -2.05. The molecule has 0 unspecified atom stereocenters. The quantitative estimate of drug-likeness (QED) is 0.416. The largest absolute Gasteiger partial charge is 0.458 e. The zero-order valence-electron chi connectivity index (χ0n) is 19.2. The summed E-state index contributed by atoms with van der Waals surface area (Å²) in [4.78, 5) is 37.6. The van der Waals surface area contributed by atoms with Crippen LogP contribution < -0.4 is 15.4 Å². The highest BCUT2D eigenvalue weighted by atomic mass is 35.5. The molecule has 0 aliphatic carbocycles. The molecule has 0 fully saturated rings. The Morgan fingerprint density at radius 1 is 1.03 bits per heavy atom. The standard InChI is InChI=1S/C24H28ClFN2O5/c1-14(2)21(23(31)33-24(3,4)5)28-22(30)18-12-17(10-11-19(18)27-20(29)13-25)32-16-8-6-15(26)7-9-16/h6-12,14,21H,13H2,1-5H3,(H,27,29)(H,28,30)/t21-/m1/s1. The fraction of sp³-hybridized carbons (Fsp3) is 0.375. The van der Waals surface area contributed by atoms with Crippen molar-refractivity contribution >= 4 is 35.1 Å². The highest BCUT2D eigenvalue weighted by molar-refractivity contribution is 6.29. The van der Waals surface area contributed by atoms with E-state index in [0.717, 1.165) is 0 Å². The molecule has 2 aromatic carbocycles. The molecule has 0 bridgehead atoms. The fourth-order valence-corrected chi connectivity index (χ4v) is 2.85. The minimum atomic E-state index is -0.921. The molecule has 0 saturated heterocycles. The third kappa shape index (κ3) is 8.05. The Hall–Kier alpha value is -3.13. The first-order valence-electron chi connectivity index (χ1n) is 10.4. The number of hydrogen-bond acceptors (Lipinski definition) is 5. The number of benzene rings is 2. The van der Waals surface area contributed by atoms with E-state index in [4.69, 9.17) is 21.1 Å². The van der Waals surface area contributed by atoms with Gasteiger partial charge in [0.25, 0.3) is 5.91 Å². The molecule has 0 heterocycles. The number of carbonyl (C=O) groups is 3. The molecule has 2 aromatic rings. The Bertz CT molecular complexity index is 1000. The summed E-state index contributed by atoms with van der Waals surface area (Å²) in [5, 5.41) is 5.24. The molecule has 1 atom stereocenters. The Morgan fingerprint density at radius 3 is 2.18 bits per heavy atom. The third-order valence-corrected chi connectivity index (χ3v) is 4.54. The molecule has 178 valence electrons. The molecule has 0 aliphatic heterocycles. The molecule has 7 nitrogen and oxygen atoms in total. The number of hydrogen-bond donors (Lipinski definition) is 2. The van der Waals surface area contributed by atoms with Gasteiger partial charge in [0.15, 0.2) is 0 Å². The number of rotatable bonds is 8. The lowest BCUT2D eigenvalue weighted by molar-refractivity contribution is -0.158. The average molecular weight is 479 g/mol. The van der Waals surface area contributed by atoms with Crippen LogP contribution in [0, 0.1) is 11.7 Å². The SMILES string of the molecule is CC(C)[C@@H](NC(=O)c1cc(Oc2ccc(F)cc2)ccc1NC(=O)CCl)C(=O)OC(C)(C)C. The number of amides is 2. The molecule has 0 aliphatic rings. The summed E-state index contributed by atoms with van der Waals surface area (Å²) in [6.45, 7) is 8.76. The smallest absolute Gasteiger partial charge is 0.329 e. The summed E-state index contributed by atoms with van der Waals surface area (Å²) < 4.78 is 24.3. The van der Waals surface area contributed by atoms with Gasteiger partial charge in [-0.1, -0.05) is 13.8 Å². The van der Waals surface area contributed by atoms with E-state index < -0.39 is 35.2 Å². The van der Waals surface area contributed by atoms with E-state index in [1.165, 1.54) is 42.5 Å². The first-order chi connectivity index (χ1) is 15.4. The van der Waals surface area contributed by atoms with Crippen LogP contribution in [0.4, 0.5) is 10.1 Å². The van der Waals surface area contributed by atoms with E-state index in [9.17, 15) is 18.8 Å². The van der Waals surface area contributed by atoms with Gasteiger partial charge in [-0.25, -0.2) is 9.18 Å². The molecule has 33 heavy (non-hydrogen) atoms. The zero-order chi connectivity index (χ0) is 24.8. The van der Waals surface area contributed by atoms with Crippen LogP contribution >= 0.6 is 11.6 Å². The maximum Gasteiger partial charge on any atom is 0.329 e. The van der Waals surface area contributed by atoms with Crippen LogP contribution in [0.25, 0.3) is 0 Å². The number of carbonyl (C=O) groups excluding carboxylic acids is 3. The molecule has 2 rings (SSSR count). The summed E-state index contributed by atoms with van der Waals surface area (Å²) in [7, 11) is 0. The van der Waals surface area contributed by atoms with Gasteiger partial charge < -0.3 is 20.1 Å². The van der Waals surface area contributed by atoms with Gasteiger partial charge in [-0.3, -0.25) is 9.59 Å². The third-order valence-electron chi connectivity index (χ3n) is 4.29. The van der Waals surface area contributed by atoms with Crippen molar-refractivity contribution in [1.82, 2.24) is 5.32 Å². The van der Waals surface area contributed by atoms with Crippen LogP contribution in [0.2, 0.25) is 0 Å². The Morgan fingerprint density at radius 2 is 1.64 bits per heavy atom. The maximum atomic E-state index is 13.2. The van der Waals surface area contributed by atoms with Crippen LogP contribution in [0.5, 0.6) is 11.5 Å². The van der Waals surface area contributed by atoms with E-state index in [2.05, 4.69) is 10.6 Å². The molecule has 0 radical (unpaired) electrons. The molecule has 0 aromatic heterocycles. The first kappa shape index (κ1) is 26.1. The van der Waals surface area contributed by atoms with Gasteiger partial charge in [0.05, 0.1) is 11.3 Å².